The van der Waals surface area contributed by atoms with Crippen LogP contribution in [0.4, 0.5) is 0 Å². The number of hydrogen-bond donors (Lipinski definition) is 0. The average Bonchev–Trinajstić information content (AvgIpc) is 3.27. The van der Waals surface area contributed by atoms with Crippen molar-refractivity contribution in [3.8, 4) is 5.75 Å². The molecule has 1 aliphatic heterocycles. The molecule has 2 heterocycles. The van der Waals surface area contributed by atoms with Crippen molar-refractivity contribution in [2.24, 2.45) is 5.92 Å². The first-order valence-electron chi connectivity index (χ1n) is 11.1. The molecular formula is C23H33N5O3. The smallest absolute Gasteiger partial charge is 0.276 e. The number of likely N-dealkylation sites (tertiary alicyclic amines) is 1. The van der Waals surface area contributed by atoms with Crippen LogP contribution in [0.5, 0.6) is 5.75 Å². The van der Waals surface area contributed by atoms with Gasteiger partial charge in [0, 0.05) is 39.1 Å². The van der Waals surface area contributed by atoms with E-state index in [4.69, 9.17) is 4.74 Å². The summed E-state index contributed by atoms with van der Waals surface area (Å²) in [6.45, 7) is 7.37. The number of carbonyl (C=O) groups excluding carboxylic acids is 2. The molecule has 2 aromatic rings. The van der Waals surface area contributed by atoms with Crippen LogP contribution in [0.2, 0.25) is 0 Å². The second-order valence-corrected chi connectivity index (χ2v) is 7.96. The number of para-hydroxylation sites is 1. The Kier molecular flexibility index (Phi) is 8.03. The summed E-state index contributed by atoms with van der Waals surface area (Å²) < 4.78 is 7.13. The van der Waals surface area contributed by atoms with Gasteiger partial charge in [0.1, 0.15) is 5.75 Å². The van der Waals surface area contributed by atoms with Crippen LogP contribution in [0.25, 0.3) is 0 Å². The zero-order valence-electron chi connectivity index (χ0n) is 18.8. The molecular weight excluding hydrogens is 394 g/mol. The molecule has 1 aromatic carbocycles. The Balaban J connectivity index is 1.53. The molecule has 168 valence electrons. The van der Waals surface area contributed by atoms with Crippen molar-refractivity contribution in [3.05, 3.63) is 41.7 Å². The fraction of sp³-hybridized carbons (Fsp3) is 0.565. The van der Waals surface area contributed by atoms with Crippen LogP contribution in [-0.4, -0.2) is 69.9 Å². The molecule has 0 saturated carbocycles. The van der Waals surface area contributed by atoms with Gasteiger partial charge in [0.05, 0.1) is 13.3 Å². The van der Waals surface area contributed by atoms with E-state index in [2.05, 4.69) is 10.3 Å². The summed E-state index contributed by atoms with van der Waals surface area (Å²) in [5, 5.41) is 8.21. The molecule has 1 atom stereocenters. The van der Waals surface area contributed by atoms with Crippen molar-refractivity contribution in [2.45, 2.75) is 46.1 Å². The van der Waals surface area contributed by atoms with E-state index in [1.165, 1.54) is 0 Å². The second-order valence-electron chi connectivity index (χ2n) is 7.96. The van der Waals surface area contributed by atoms with E-state index in [9.17, 15) is 9.59 Å². The maximum absolute atomic E-state index is 12.8. The van der Waals surface area contributed by atoms with Crippen molar-refractivity contribution < 1.29 is 14.3 Å². The molecule has 8 heteroatoms. The Bertz CT molecular complexity index is 878. The second kappa shape index (κ2) is 10.9. The number of nitrogens with zero attached hydrogens (tertiary/aromatic N) is 5. The van der Waals surface area contributed by atoms with E-state index in [1.54, 1.807) is 22.9 Å². The van der Waals surface area contributed by atoms with Crippen molar-refractivity contribution in [3.63, 3.8) is 0 Å². The predicted octanol–water partition coefficient (Wildman–Crippen LogP) is 2.64. The molecule has 1 fully saturated rings. The topological polar surface area (TPSA) is 80.6 Å². The van der Waals surface area contributed by atoms with Crippen molar-refractivity contribution in [1.29, 1.82) is 0 Å². The molecule has 3 rings (SSSR count). The minimum absolute atomic E-state index is 0.0898. The summed E-state index contributed by atoms with van der Waals surface area (Å²) in [5.41, 5.74) is 1.43. The summed E-state index contributed by atoms with van der Waals surface area (Å²) in [6.07, 6.45) is 4.88. The van der Waals surface area contributed by atoms with Crippen LogP contribution in [0, 0.1) is 5.92 Å². The van der Waals surface area contributed by atoms with Crippen LogP contribution in [-0.2, 0) is 17.8 Å². The van der Waals surface area contributed by atoms with Crippen LogP contribution in [0.1, 0.15) is 49.2 Å². The van der Waals surface area contributed by atoms with Gasteiger partial charge < -0.3 is 14.5 Å². The number of amides is 2. The van der Waals surface area contributed by atoms with Gasteiger partial charge >= 0.3 is 0 Å². The Labute approximate surface area is 184 Å². The minimum atomic E-state index is -0.0898. The summed E-state index contributed by atoms with van der Waals surface area (Å²) in [7, 11) is 1.65. The molecule has 0 radical (unpaired) electrons. The number of ether oxygens (including phenoxy) is 1. The number of carbonyl (C=O) groups is 2. The molecule has 31 heavy (non-hydrogen) atoms. The van der Waals surface area contributed by atoms with Gasteiger partial charge in [0.2, 0.25) is 5.91 Å². The van der Waals surface area contributed by atoms with E-state index in [0.29, 0.717) is 50.6 Å². The van der Waals surface area contributed by atoms with E-state index >= 15 is 0 Å². The van der Waals surface area contributed by atoms with E-state index in [1.807, 2.05) is 43.0 Å². The lowest BCUT2D eigenvalue weighted by atomic mass is 9.97. The maximum Gasteiger partial charge on any atom is 0.276 e. The fourth-order valence-electron chi connectivity index (χ4n) is 4.17. The van der Waals surface area contributed by atoms with Crippen molar-refractivity contribution in [1.82, 2.24) is 24.8 Å². The molecule has 0 unspecified atom stereocenters. The molecule has 1 aliphatic rings. The first-order valence-corrected chi connectivity index (χ1v) is 11.1. The summed E-state index contributed by atoms with van der Waals surface area (Å²) in [6, 6.07) is 7.84. The Morgan fingerprint density at radius 1 is 1.23 bits per heavy atom. The van der Waals surface area contributed by atoms with Crippen LogP contribution >= 0.6 is 0 Å². The number of benzene rings is 1. The standard InChI is InChI=1S/C23H33N5O3/c1-4-26(5-2)23(30)20-17-28(25-24-20)16-18-9-8-14-27(15-18)22(29)13-12-19-10-6-7-11-21(19)31-3/h6-7,10-11,17-18H,4-5,8-9,12-16H2,1-3H3/t18-/m1/s1. The predicted molar refractivity (Wildman–Crippen MR) is 118 cm³/mol. The largest absolute Gasteiger partial charge is 0.496 e. The van der Waals surface area contributed by atoms with Gasteiger partial charge in [-0.3, -0.25) is 14.3 Å². The van der Waals surface area contributed by atoms with Crippen molar-refractivity contribution in [2.75, 3.05) is 33.3 Å². The van der Waals surface area contributed by atoms with Crippen LogP contribution < -0.4 is 4.74 Å². The van der Waals surface area contributed by atoms with Gasteiger partial charge in [0.15, 0.2) is 5.69 Å². The summed E-state index contributed by atoms with van der Waals surface area (Å²) in [5.74, 6) is 1.22. The normalized spacial score (nSPS) is 16.2. The van der Waals surface area contributed by atoms with Gasteiger partial charge in [0.25, 0.3) is 5.91 Å². The van der Waals surface area contributed by atoms with Crippen molar-refractivity contribution >= 4 is 11.8 Å². The maximum atomic E-state index is 12.8. The van der Waals surface area contributed by atoms with Gasteiger partial charge in [-0.1, -0.05) is 23.4 Å². The molecule has 8 nitrogen and oxygen atoms in total. The molecule has 1 aromatic heterocycles. The zero-order chi connectivity index (χ0) is 22.2. The highest BCUT2D eigenvalue weighted by Gasteiger charge is 2.25. The molecule has 0 aliphatic carbocycles. The number of methoxy groups -OCH3 is 1. The van der Waals surface area contributed by atoms with Gasteiger partial charge in [-0.05, 0) is 50.7 Å². The third-order valence-electron chi connectivity index (χ3n) is 5.93. The van der Waals surface area contributed by atoms with Gasteiger partial charge in [-0.2, -0.15) is 0 Å². The van der Waals surface area contributed by atoms with Crippen LogP contribution in [0.3, 0.4) is 0 Å². The molecule has 0 bridgehead atoms. The SMILES string of the molecule is CCN(CC)C(=O)c1cn(C[C@@H]2CCCN(C(=O)CCc3ccccc3OC)C2)nn1. The number of aromatic nitrogens is 3. The molecule has 2 amide bonds. The zero-order valence-corrected chi connectivity index (χ0v) is 18.8. The monoisotopic (exact) mass is 427 g/mol. The lowest BCUT2D eigenvalue weighted by Gasteiger charge is -2.32. The Morgan fingerprint density at radius 3 is 2.74 bits per heavy atom. The minimum Gasteiger partial charge on any atom is -0.496 e. The highest BCUT2D eigenvalue weighted by molar-refractivity contribution is 5.91. The third kappa shape index (κ3) is 5.83. The quantitative estimate of drug-likeness (QED) is 0.615. The van der Waals surface area contributed by atoms with Gasteiger partial charge in [-0.15, -0.1) is 5.10 Å². The Morgan fingerprint density at radius 2 is 2.00 bits per heavy atom. The first-order chi connectivity index (χ1) is 15.0. The number of hydrogen-bond acceptors (Lipinski definition) is 5. The third-order valence-corrected chi connectivity index (χ3v) is 5.93. The highest BCUT2D eigenvalue weighted by Crippen LogP contribution is 2.22. The molecule has 0 N–H and O–H groups in total. The van der Waals surface area contributed by atoms with E-state index < -0.39 is 0 Å². The van der Waals surface area contributed by atoms with Crippen LogP contribution in [0.15, 0.2) is 30.5 Å². The Hall–Kier alpha value is -2.90. The first kappa shape index (κ1) is 22.8. The number of rotatable bonds is 9. The average molecular weight is 428 g/mol. The van der Waals surface area contributed by atoms with E-state index in [-0.39, 0.29) is 11.8 Å². The summed E-state index contributed by atoms with van der Waals surface area (Å²) in [4.78, 5) is 28.9. The fourth-order valence-corrected chi connectivity index (χ4v) is 4.17. The molecule has 0 spiro atoms. The van der Waals surface area contributed by atoms with Gasteiger partial charge in [-0.25, -0.2) is 0 Å². The highest BCUT2D eigenvalue weighted by atomic mass is 16.5. The molecule has 1 saturated heterocycles. The number of aryl methyl sites for hydroxylation is 1. The lowest BCUT2D eigenvalue weighted by Crippen LogP contribution is -2.41. The number of piperidine rings is 1. The van der Waals surface area contributed by atoms with E-state index in [0.717, 1.165) is 30.7 Å². The summed E-state index contributed by atoms with van der Waals surface area (Å²) >= 11 is 0. The lowest BCUT2D eigenvalue weighted by molar-refractivity contribution is -0.133.